The molecule has 0 aliphatic heterocycles. The summed E-state index contributed by atoms with van der Waals surface area (Å²) in [7, 11) is 0. The minimum Gasteiger partial charge on any atom is -0.450 e. The second-order valence-electron chi connectivity index (χ2n) is 4.60. The van der Waals surface area contributed by atoms with Crippen LogP contribution in [0, 0.1) is 18.3 Å². The van der Waals surface area contributed by atoms with E-state index in [0.29, 0.717) is 17.8 Å². The zero-order valence-electron chi connectivity index (χ0n) is 12.1. The number of H-pyrrole nitrogens is 1. The Hall–Kier alpha value is -2.74. The van der Waals surface area contributed by atoms with Gasteiger partial charge in [0.15, 0.2) is 0 Å². The van der Waals surface area contributed by atoms with E-state index in [1.165, 1.54) is 0 Å². The molecule has 2 aromatic rings. The number of nitrogens with zero attached hydrogens (tertiary/aromatic N) is 1. The van der Waals surface area contributed by atoms with Crippen LogP contribution in [0.15, 0.2) is 30.3 Å². The predicted molar refractivity (Wildman–Crippen MR) is 80.1 cm³/mol. The number of aromatic amines is 1. The van der Waals surface area contributed by atoms with Crippen LogP contribution in [0.2, 0.25) is 0 Å². The Morgan fingerprint density at radius 3 is 2.71 bits per heavy atom. The van der Waals surface area contributed by atoms with E-state index >= 15 is 0 Å². The average Bonchev–Trinajstić information content (AvgIpc) is 2.75. The highest BCUT2D eigenvalue weighted by atomic mass is 16.5. The van der Waals surface area contributed by atoms with Gasteiger partial charge in [-0.25, -0.2) is 4.79 Å². The van der Waals surface area contributed by atoms with Crippen LogP contribution in [-0.4, -0.2) is 17.7 Å². The highest BCUT2D eigenvalue weighted by Crippen LogP contribution is 2.24. The Kier molecular flexibility index (Phi) is 4.62. The smallest absolute Gasteiger partial charge is 0.412 e. The first-order valence-corrected chi connectivity index (χ1v) is 6.75. The van der Waals surface area contributed by atoms with Crippen molar-refractivity contribution in [2.24, 2.45) is 0 Å². The van der Waals surface area contributed by atoms with Gasteiger partial charge in [-0.3, -0.25) is 5.32 Å². The molecule has 1 aromatic heterocycles. The lowest BCUT2D eigenvalue weighted by Gasteiger charge is -2.03. The van der Waals surface area contributed by atoms with E-state index in [1.807, 2.05) is 37.3 Å². The summed E-state index contributed by atoms with van der Waals surface area (Å²) in [6, 6.07) is 12.0. The topological polar surface area (TPSA) is 77.9 Å². The molecule has 21 heavy (non-hydrogen) atoms. The van der Waals surface area contributed by atoms with Crippen molar-refractivity contribution in [1.29, 1.82) is 5.26 Å². The van der Waals surface area contributed by atoms with Crippen molar-refractivity contribution in [3.05, 3.63) is 52.7 Å². The number of carbonyl (C=O) groups is 1. The summed E-state index contributed by atoms with van der Waals surface area (Å²) >= 11 is 0. The van der Waals surface area contributed by atoms with Gasteiger partial charge in [0.2, 0.25) is 0 Å². The van der Waals surface area contributed by atoms with E-state index in [2.05, 4.69) is 16.4 Å². The number of anilines is 1. The van der Waals surface area contributed by atoms with Crippen molar-refractivity contribution in [1.82, 2.24) is 4.98 Å². The van der Waals surface area contributed by atoms with Crippen LogP contribution in [0.4, 0.5) is 10.6 Å². The first-order chi connectivity index (χ1) is 10.2. The molecule has 0 unspecified atom stereocenters. The standard InChI is InChI=1S/C16H17N3O2/c1-3-21-16(20)19-15-13(10-17)11(2)14(18-15)9-12-7-5-4-6-8-12/h4-8,18H,3,9H2,1-2H3,(H,19,20). The molecule has 5 nitrogen and oxygen atoms in total. The van der Waals surface area contributed by atoms with E-state index in [1.54, 1.807) is 6.92 Å². The molecule has 5 heteroatoms. The number of nitriles is 1. The van der Waals surface area contributed by atoms with E-state index in [-0.39, 0.29) is 6.61 Å². The molecule has 1 amide bonds. The fourth-order valence-electron chi connectivity index (χ4n) is 2.13. The molecular formula is C16H17N3O2. The normalized spacial score (nSPS) is 9.95. The Morgan fingerprint density at radius 1 is 1.38 bits per heavy atom. The van der Waals surface area contributed by atoms with Crippen molar-refractivity contribution >= 4 is 11.9 Å². The average molecular weight is 283 g/mol. The maximum atomic E-state index is 11.5. The quantitative estimate of drug-likeness (QED) is 0.903. The van der Waals surface area contributed by atoms with Gasteiger partial charge in [0.05, 0.1) is 12.2 Å². The number of hydrogen-bond donors (Lipinski definition) is 2. The summed E-state index contributed by atoms with van der Waals surface area (Å²) in [4.78, 5) is 14.6. The van der Waals surface area contributed by atoms with Gasteiger partial charge in [-0.1, -0.05) is 30.3 Å². The molecular weight excluding hydrogens is 266 g/mol. The largest absolute Gasteiger partial charge is 0.450 e. The van der Waals surface area contributed by atoms with E-state index in [0.717, 1.165) is 16.8 Å². The SMILES string of the molecule is CCOC(=O)Nc1[nH]c(Cc2ccccc2)c(C)c1C#N. The van der Waals surface area contributed by atoms with Crippen molar-refractivity contribution in [3.63, 3.8) is 0 Å². The number of aromatic nitrogens is 1. The van der Waals surface area contributed by atoms with Gasteiger partial charge in [-0.05, 0) is 25.0 Å². The summed E-state index contributed by atoms with van der Waals surface area (Å²) in [5.41, 5.74) is 3.32. The molecule has 0 spiro atoms. The summed E-state index contributed by atoms with van der Waals surface area (Å²) in [5.74, 6) is 0.388. The number of nitrogens with one attached hydrogen (secondary N) is 2. The third kappa shape index (κ3) is 3.42. The van der Waals surface area contributed by atoms with Crippen LogP contribution < -0.4 is 5.32 Å². The second-order valence-corrected chi connectivity index (χ2v) is 4.60. The van der Waals surface area contributed by atoms with Crippen LogP contribution in [0.5, 0.6) is 0 Å². The third-order valence-electron chi connectivity index (χ3n) is 3.19. The van der Waals surface area contributed by atoms with Gasteiger partial charge in [0, 0.05) is 12.1 Å². The van der Waals surface area contributed by atoms with Crippen LogP contribution in [0.1, 0.15) is 29.3 Å². The lowest BCUT2D eigenvalue weighted by Crippen LogP contribution is -2.14. The Labute approximate surface area is 123 Å². The monoisotopic (exact) mass is 283 g/mol. The summed E-state index contributed by atoms with van der Waals surface area (Å²) in [6.45, 7) is 3.87. The Balaban J connectivity index is 2.26. The fourth-order valence-corrected chi connectivity index (χ4v) is 2.13. The second kappa shape index (κ2) is 6.62. The van der Waals surface area contributed by atoms with Crippen molar-refractivity contribution < 1.29 is 9.53 Å². The molecule has 0 aliphatic carbocycles. The van der Waals surface area contributed by atoms with Crippen LogP contribution in [0.25, 0.3) is 0 Å². The van der Waals surface area contributed by atoms with E-state index in [4.69, 9.17) is 4.74 Å². The van der Waals surface area contributed by atoms with Crippen molar-refractivity contribution in [2.45, 2.75) is 20.3 Å². The number of rotatable bonds is 4. The molecule has 1 aromatic carbocycles. The van der Waals surface area contributed by atoms with Gasteiger partial charge in [-0.15, -0.1) is 0 Å². The molecule has 2 N–H and O–H groups in total. The Bertz CT molecular complexity index is 669. The molecule has 0 radical (unpaired) electrons. The molecule has 0 bridgehead atoms. The summed E-state index contributed by atoms with van der Waals surface area (Å²) in [6.07, 6.45) is 0.104. The predicted octanol–water partition coefficient (Wildman–Crippen LogP) is 3.35. The molecule has 0 saturated carbocycles. The summed E-state index contributed by atoms with van der Waals surface area (Å²) in [5, 5.41) is 11.8. The minimum atomic E-state index is -0.568. The van der Waals surface area contributed by atoms with Gasteiger partial charge < -0.3 is 9.72 Å². The maximum Gasteiger partial charge on any atom is 0.412 e. The molecule has 0 aliphatic rings. The molecule has 1 heterocycles. The molecule has 108 valence electrons. The van der Waals surface area contributed by atoms with Crippen LogP contribution in [-0.2, 0) is 11.2 Å². The number of hydrogen-bond acceptors (Lipinski definition) is 3. The van der Waals surface area contributed by atoms with Crippen LogP contribution >= 0.6 is 0 Å². The number of benzene rings is 1. The first kappa shape index (κ1) is 14.7. The van der Waals surface area contributed by atoms with Gasteiger partial charge in [0.25, 0.3) is 0 Å². The lowest BCUT2D eigenvalue weighted by molar-refractivity contribution is 0.168. The highest BCUT2D eigenvalue weighted by molar-refractivity contribution is 5.85. The van der Waals surface area contributed by atoms with Crippen LogP contribution in [0.3, 0.4) is 0 Å². The zero-order chi connectivity index (χ0) is 15.2. The number of carbonyl (C=O) groups excluding carboxylic acids is 1. The van der Waals surface area contributed by atoms with E-state index in [9.17, 15) is 10.1 Å². The zero-order valence-corrected chi connectivity index (χ0v) is 12.1. The fraction of sp³-hybridized carbons (Fsp3) is 0.250. The van der Waals surface area contributed by atoms with Gasteiger partial charge in [0.1, 0.15) is 11.9 Å². The molecule has 2 rings (SSSR count). The minimum absolute atomic E-state index is 0.282. The highest BCUT2D eigenvalue weighted by Gasteiger charge is 2.16. The molecule has 0 atom stereocenters. The summed E-state index contributed by atoms with van der Waals surface area (Å²) < 4.78 is 4.83. The Morgan fingerprint density at radius 2 is 2.10 bits per heavy atom. The lowest BCUT2D eigenvalue weighted by atomic mass is 10.1. The molecule has 0 fully saturated rings. The molecule has 0 saturated heterocycles. The first-order valence-electron chi connectivity index (χ1n) is 6.75. The number of ether oxygens (including phenoxy) is 1. The maximum absolute atomic E-state index is 11.5. The van der Waals surface area contributed by atoms with Gasteiger partial charge in [-0.2, -0.15) is 5.26 Å². The van der Waals surface area contributed by atoms with Gasteiger partial charge >= 0.3 is 6.09 Å². The van der Waals surface area contributed by atoms with Crippen molar-refractivity contribution in [3.8, 4) is 6.07 Å². The number of amides is 1. The third-order valence-corrected chi connectivity index (χ3v) is 3.19. The van der Waals surface area contributed by atoms with E-state index < -0.39 is 6.09 Å². The van der Waals surface area contributed by atoms with Crippen molar-refractivity contribution in [2.75, 3.05) is 11.9 Å².